The average Bonchev–Trinajstić information content (AvgIpc) is 3.60. The molecule has 0 fully saturated rings. The molecule has 0 radical (unpaired) electrons. The van der Waals surface area contributed by atoms with Crippen LogP contribution in [0.15, 0.2) is 65.1 Å². The van der Waals surface area contributed by atoms with Gasteiger partial charge in [-0.1, -0.05) is 50.2 Å². The van der Waals surface area contributed by atoms with Gasteiger partial charge >= 0.3 is 11.9 Å². The summed E-state index contributed by atoms with van der Waals surface area (Å²) in [5.74, 6) is -0.695. The highest BCUT2D eigenvalue weighted by Crippen LogP contribution is 2.40. The van der Waals surface area contributed by atoms with E-state index in [1.165, 1.54) is 11.3 Å². The van der Waals surface area contributed by atoms with E-state index in [1.807, 2.05) is 48.5 Å². The monoisotopic (exact) mass is 596 g/mol. The Hall–Kier alpha value is -4.50. The van der Waals surface area contributed by atoms with E-state index >= 15 is 0 Å². The molecule has 2 aromatic heterocycles. The van der Waals surface area contributed by atoms with E-state index in [9.17, 15) is 14.4 Å². The number of carbonyl (C=O) groups is 3. The molecule has 2 unspecified atom stereocenters. The predicted octanol–water partition coefficient (Wildman–Crippen LogP) is 7.59. The maximum absolute atomic E-state index is 13.7. The van der Waals surface area contributed by atoms with Crippen molar-refractivity contribution in [3.63, 3.8) is 0 Å². The zero-order chi connectivity index (χ0) is 30.1. The molecule has 1 aliphatic carbocycles. The molecule has 6 rings (SSSR count). The van der Waals surface area contributed by atoms with Crippen LogP contribution in [0.2, 0.25) is 0 Å². The SMILES string of the molecule is CCOC(=O)c1c(NC(=O)C(CC)OC(=O)c2cccc3cccc(-c4nc5ccccc5o4)c23)sc2c1CCC(C)C2. The van der Waals surface area contributed by atoms with Crippen molar-refractivity contribution in [2.24, 2.45) is 5.92 Å². The maximum atomic E-state index is 13.7. The van der Waals surface area contributed by atoms with Gasteiger partial charge in [-0.3, -0.25) is 4.79 Å². The molecule has 3 aromatic carbocycles. The largest absolute Gasteiger partial charge is 0.462 e. The highest BCUT2D eigenvalue weighted by atomic mass is 32.1. The smallest absolute Gasteiger partial charge is 0.341 e. The zero-order valence-electron chi connectivity index (χ0n) is 24.3. The van der Waals surface area contributed by atoms with Crippen LogP contribution in [0.5, 0.6) is 0 Å². The van der Waals surface area contributed by atoms with Crippen molar-refractivity contribution >= 4 is 56.1 Å². The van der Waals surface area contributed by atoms with Gasteiger partial charge in [-0.2, -0.15) is 0 Å². The third-order valence-corrected chi connectivity index (χ3v) is 8.96. The number of ether oxygens (including phenoxy) is 2. The minimum absolute atomic E-state index is 0.235. The molecule has 0 aliphatic heterocycles. The highest BCUT2D eigenvalue weighted by molar-refractivity contribution is 7.17. The predicted molar refractivity (Wildman–Crippen MR) is 167 cm³/mol. The van der Waals surface area contributed by atoms with Gasteiger partial charge in [0.15, 0.2) is 11.7 Å². The molecule has 0 saturated heterocycles. The number of nitrogens with zero attached hydrogens (tertiary/aromatic N) is 1. The van der Waals surface area contributed by atoms with Crippen molar-refractivity contribution in [1.82, 2.24) is 4.98 Å². The Morgan fingerprint density at radius 2 is 1.84 bits per heavy atom. The molecule has 1 aliphatic rings. The molecule has 0 bridgehead atoms. The number of aromatic nitrogens is 1. The lowest BCUT2D eigenvalue weighted by Crippen LogP contribution is -2.32. The van der Waals surface area contributed by atoms with Crippen LogP contribution >= 0.6 is 11.3 Å². The van der Waals surface area contributed by atoms with E-state index in [4.69, 9.17) is 13.9 Å². The number of amides is 1. The number of hydrogen-bond donors (Lipinski definition) is 1. The first kappa shape index (κ1) is 28.6. The van der Waals surface area contributed by atoms with Crippen LogP contribution in [-0.4, -0.2) is 35.5 Å². The van der Waals surface area contributed by atoms with Crippen molar-refractivity contribution in [2.45, 2.75) is 52.6 Å². The molecule has 9 heteroatoms. The van der Waals surface area contributed by atoms with E-state index in [0.717, 1.165) is 35.1 Å². The number of anilines is 1. The van der Waals surface area contributed by atoms with Crippen LogP contribution < -0.4 is 5.32 Å². The average molecular weight is 597 g/mol. The molecular weight excluding hydrogens is 564 g/mol. The fraction of sp³-hybridized carbons (Fsp3) is 0.294. The normalized spacial score (nSPS) is 15.2. The van der Waals surface area contributed by atoms with Crippen molar-refractivity contribution in [3.05, 3.63) is 82.2 Å². The van der Waals surface area contributed by atoms with Crippen LogP contribution in [0, 0.1) is 5.92 Å². The molecule has 0 spiro atoms. The van der Waals surface area contributed by atoms with Gasteiger partial charge in [0.1, 0.15) is 10.5 Å². The van der Waals surface area contributed by atoms with Gasteiger partial charge in [-0.05, 0) is 73.7 Å². The van der Waals surface area contributed by atoms with E-state index < -0.39 is 23.9 Å². The van der Waals surface area contributed by atoms with Crippen LogP contribution in [-0.2, 0) is 27.1 Å². The quantitative estimate of drug-likeness (QED) is 0.184. The number of fused-ring (bicyclic) bond motifs is 3. The summed E-state index contributed by atoms with van der Waals surface area (Å²) >= 11 is 1.40. The van der Waals surface area contributed by atoms with Crippen molar-refractivity contribution in [1.29, 1.82) is 0 Å². The number of thiophene rings is 1. The molecule has 1 N–H and O–H groups in total. The lowest BCUT2D eigenvalue weighted by atomic mass is 9.88. The number of carbonyl (C=O) groups excluding carboxylic acids is 3. The number of benzene rings is 3. The van der Waals surface area contributed by atoms with Gasteiger partial charge in [0, 0.05) is 15.8 Å². The Bertz CT molecular complexity index is 1820. The number of rotatable bonds is 8. The molecule has 0 saturated carbocycles. The Balaban J connectivity index is 1.29. The molecular formula is C34H32N2O6S. The summed E-state index contributed by atoms with van der Waals surface area (Å²) in [6, 6.07) is 18.5. The van der Waals surface area contributed by atoms with Crippen LogP contribution in [0.1, 0.15) is 64.8 Å². The summed E-state index contributed by atoms with van der Waals surface area (Å²) in [5.41, 5.74) is 3.67. The molecule has 2 heterocycles. The number of esters is 2. The summed E-state index contributed by atoms with van der Waals surface area (Å²) in [6.07, 6.45) is 1.74. The van der Waals surface area contributed by atoms with E-state index in [1.54, 1.807) is 26.0 Å². The second kappa shape index (κ2) is 12.0. The summed E-state index contributed by atoms with van der Waals surface area (Å²) in [4.78, 5) is 45.8. The zero-order valence-corrected chi connectivity index (χ0v) is 25.1. The molecule has 8 nitrogen and oxygen atoms in total. The van der Waals surface area contributed by atoms with Crippen molar-refractivity contribution in [3.8, 4) is 11.5 Å². The first-order valence-electron chi connectivity index (χ1n) is 14.6. The summed E-state index contributed by atoms with van der Waals surface area (Å²) < 4.78 is 17.2. The van der Waals surface area contributed by atoms with Crippen LogP contribution in [0.4, 0.5) is 5.00 Å². The molecule has 43 heavy (non-hydrogen) atoms. The Morgan fingerprint density at radius 3 is 2.60 bits per heavy atom. The Morgan fingerprint density at radius 1 is 1.05 bits per heavy atom. The molecule has 2 atom stereocenters. The minimum atomic E-state index is -1.08. The van der Waals surface area contributed by atoms with Gasteiger partial charge in [-0.25, -0.2) is 14.6 Å². The van der Waals surface area contributed by atoms with Crippen LogP contribution in [0.3, 0.4) is 0 Å². The Labute approximate surface area is 253 Å². The lowest BCUT2D eigenvalue weighted by molar-refractivity contribution is -0.124. The van der Waals surface area contributed by atoms with E-state index in [2.05, 4.69) is 17.2 Å². The third-order valence-electron chi connectivity index (χ3n) is 7.79. The van der Waals surface area contributed by atoms with Crippen molar-refractivity contribution in [2.75, 3.05) is 11.9 Å². The molecule has 220 valence electrons. The Kier molecular flexibility index (Phi) is 7.99. The summed E-state index contributed by atoms with van der Waals surface area (Å²) in [6.45, 7) is 5.95. The maximum Gasteiger partial charge on any atom is 0.341 e. The molecule has 1 amide bonds. The lowest BCUT2D eigenvalue weighted by Gasteiger charge is -2.18. The first-order valence-corrected chi connectivity index (χ1v) is 15.4. The molecule has 5 aromatic rings. The number of oxazole rings is 1. The van der Waals surface area contributed by atoms with E-state index in [-0.39, 0.29) is 13.0 Å². The summed E-state index contributed by atoms with van der Waals surface area (Å²) in [7, 11) is 0. The second-order valence-electron chi connectivity index (χ2n) is 10.8. The second-order valence-corrected chi connectivity index (χ2v) is 11.9. The van der Waals surface area contributed by atoms with Gasteiger partial charge in [0.05, 0.1) is 17.7 Å². The fourth-order valence-corrected chi connectivity index (χ4v) is 7.04. The van der Waals surface area contributed by atoms with E-state index in [0.29, 0.717) is 50.0 Å². The number of nitrogens with one attached hydrogen (secondary N) is 1. The topological polar surface area (TPSA) is 108 Å². The third kappa shape index (κ3) is 5.52. The number of hydrogen-bond acceptors (Lipinski definition) is 8. The van der Waals surface area contributed by atoms with Crippen LogP contribution in [0.25, 0.3) is 33.3 Å². The standard InChI is InChI=1S/C34H32N2O6S/c1-4-25(30(37)36-32-29(34(39)40-5-2)21-17-16-19(3)18-27(21)43-32)42-33(38)23-13-9-11-20-10-8-12-22(28(20)23)31-35-24-14-6-7-15-26(24)41-31/h6-15,19,25H,4-5,16-18H2,1-3H3,(H,36,37). The van der Waals surface area contributed by atoms with Gasteiger partial charge in [0.2, 0.25) is 5.89 Å². The first-order chi connectivity index (χ1) is 20.9. The summed E-state index contributed by atoms with van der Waals surface area (Å²) in [5, 5.41) is 4.78. The fourth-order valence-electron chi connectivity index (χ4n) is 5.64. The highest BCUT2D eigenvalue weighted by Gasteiger charge is 2.31. The van der Waals surface area contributed by atoms with Crippen molar-refractivity contribution < 1.29 is 28.3 Å². The van der Waals surface area contributed by atoms with Gasteiger partial charge in [0.25, 0.3) is 5.91 Å². The minimum Gasteiger partial charge on any atom is -0.462 e. The number of para-hydroxylation sites is 2. The van der Waals surface area contributed by atoms with Gasteiger partial charge in [-0.15, -0.1) is 11.3 Å². The van der Waals surface area contributed by atoms with Gasteiger partial charge < -0.3 is 19.2 Å².